The van der Waals surface area contributed by atoms with Crippen molar-refractivity contribution in [2.45, 2.75) is 65.6 Å². The molecule has 0 radical (unpaired) electrons. The van der Waals surface area contributed by atoms with E-state index >= 15 is 0 Å². The molecule has 1 N–H and O–H groups in total. The summed E-state index contributed by atoms with van der Waals surface area (Å²) in [6.07, 6.45) is 2.03. The minimum absolute atomic E-state index is 0.0162. The van der Waals surface area contributed by atoms with Gasteiger partial charge in [0.05, 0.1) is 11.2 Å². The first-order valence-corrected chi connectivity index (χ1v) is 9.82. The summed E-state index contributed by atoms with van der Waals surface area (Å²) in [5.74, 6) is -2.53. The highest BCUT2D eigenvalue weighted by Gasteiger charge is 2.40. The van der Waals surface area contributed by atoms with E-state index in [9.17, 15) is 24.3 Å². The second kappa shape index (κ2) is 9.38. The number of allylic oxidation sites excluding steroid dienone is 1. The lowest BCUT2D eigenvalue weighted by molar-refractivity contribution is -0.143. The van der Waals surface area contributed by atoms with Crippen LogP contribution < -0.4 is 0 Å². The number of esters is 3. The van der Waals surface area contributed by atoms with E-state index in [1.807, 2.05) is 0 Å². The number of ether oxygens (including phenoxy) is 3. The molecule has 0 bridgehead atoms. The van der Waals surface area contributed by atoms with Crippen molar-refractivity contribution < 1.29 is 38.5 Å². The fourth-order valence-corrected chi connectivity index (χ4v) is 3.31. The topological polar surface area (TPSA) is 116 Å². The van der Waals surface area contributed by atoms with Crippen LogP contribution in [0.2, 0.25) is 0 Å². The highest BCUT2D eigenvalue weighted by molar-refractivity contribution is 5.96. The number of carbonyl (C=O) groups is 4. The zero-order valence-corrected chi connectivity index (χ0v) is 17.9. The largest absolute Gasteiger partial charge is 0.461 e. The molecule has 3 atom stereocenters. The van der Waals surface area contributed by atoms with Crippen LogP contribution in [-0.4, -0.2) is 47.1 Å². The molecular weight excluding hydrogens is 392 g/mol. The standard InChI is InChI=1S/C22H28O8/c1-12(2)8-19(25)29-17-9-13(3)16(24)6-7-22(5,27)10-18-20(17)15(21(26)30-18)11-28-14(4)23/h8,10,13,17,27H,6-7,9,11H2,1-5H3/b18-10+/t13-,17+,22-/m0/s1. The van der Waals surface area contributed by atoms with E-state index in [0.717, 1.165) is 5.57 Å². The van der Waals surface area contributed by atoms with Crippen LogP contribution in [0.4, 0.5) is 0 Å². The summed E-state index contributed by atoms with van der Waals surface area (Å²) >= 11 is 0. The van der Waals surface area contributed by atoms with E-state index in [4.69, 9.17) is 14.2 Å². The van der Waals surface area contributed by atoms with E-state index in [1.54, 1.807) is 20.8 Å². The number of rotatable bonds is 4. The molecule has 8 heteroatoms. The third-order valence-corrected chi connectivity index (χ3v) is 4.88. The van der Waals surface area contributed by atoms with Crippen LogP contribution in [0.1, 0.15) is 53.9 Å². The molecule has 1 aliphatic heterocycles. The Labute approximate surface area is 175 Å². The molecule has 164 valence electrons. The van der Waals surface area contributed by atoms with Crippen molar-refractivity contribution >= 4 is 23.7 Å². The van der Waals surface area contributed by atoms with Crippen LogP contribution in [-0.2, 0) is 33.4 Å². The second-order valence-corrected chi connectivity index (χ2v) is 8.18. The smallest absolute Gasteiger partial charge is 0.343 e. The normalized spacial score (nSPS) is 28.7. The van der Waals surface area contributed by atoms with Gasteiger partial charge in [0, 0.05) is 30.9 Å². The summed E-state index contributed by atoms with van der Waals surface area (Å²) in [6, 6.07) is 0. The Kier molecular flexibility index (Phi) is 7.36. The van der Waals surface area contributed by atoms with Crippen molar-refractivity contribution in [3.05, 3.63) is 34.6 Å². The third-order valence-electron chi connectivity index (χ3n) is 4.88. The third kappa shape index (κ3) is 6.13. The molecule has 0 aromatic rings. The Balaban J connectivity index is 2.61. The van der Waals surface area contributed by atoms with E-state index in [0.29, 0.717) is 0 Å². The molecule has 2 aliphatic rings. The molecule has 2 rings (SSSR count). The first kappa shape index (κ1) is 23.5. The van der Waals surface area contributed by atoms with Gasteiger partial charge >= 0.3 is 17.9 Å². The lowest BCUT2D eigenvalue weighted by atomic mass is 9.85. The van der Waals surface area contributed by atoms with Gasteiger partial charge in [-0.2, -0.15) is 0 Å². The van der Waals surface area contributed by atoms with Gasteiger partial charge in [-0.25, -0.2) is 9.59 Å². The molecule has 0 aromatic carbocycles. The van der Waals surface area contributed by atoms with Crippen molar-refractivity contribution in [1.82, 2.24) is 0 Å². The van der Waals surface area contributed by atoms with E-state index in [2.05, 4.69) is 0 Å². The molecule has 1 aliphatic carbocycles. The van der Waals surface area contributed by atoms with E-state index < -0.39 is 35.5 Å². The Morgan fingerprint density at radius 3 is 2.57 bits per heavy atom. The molecule has 0 spiro atoms. The van der Waals surface area contributed by atoms with Crippen LogP contribution in [0.25, 0.3) is 0 Å². The minimum atomic E-state index is -1.43. The summed E-state index contributed by atoms with van der Waals surface area (Å²) in [6.45, 7) is 7.50. The van der Waals surface area contributed by atoms with Crippen LogP contribution >= 0.6 is 0 Å². The molecule has 0 aromatic heterocycles. The molecular formula is C22H28O8. The zero-order valence-electron chi connectivity index (χ0n) is 17.9. The first-order chi connectivity index (χ1) is 13.9. The number of ketones is 1. The molecule has 0 amide bonds. The van der Waals surface area contributed by atoms with Gasteiger partial charge < -0.3 is 19.3 Å². The van der Waals surface area contributed by atoms with Gasteiger partial charge in [0.15, 0.2) is 0 Å². The fraction of sp³-hybridized carbons (Fsp3) is 0.545. The quantitative estimate of drug-likeness (QED) is 0.418. The molecule has 8 nitrogen and oxygen atoms in total. The second-order valence-electron chi connectivity index (χ2n) is 8.18. The predicted octanol–water partition coefficient (Wildman–Crippen LogP) is 2.30. The minimum Gasteiger partial charge on any atom is -0.461 e. The lowest BCUT2D eigenvalue weighted by Gasteiger charge is -2.27. The van der Waals surface area contributed by atoms with Crippen LogP contribution in [0.3, 0.4) is 0 Å². The molecule has 0 saturated heterocycles. The molecule has 1 heterocycles. The Morgan fingerprint density at radius 2 is 1.97 bits per heavy atom. The highest BCUT2D eigenvalue weighted by Crippen LogP contribution is 2.37. The van der Waals surface area contributed by atoms with E-state index in [1.165, 1.54) is 26.0 Å². The number of hydrogen-bond acceptors (Lipinski definition) is 8. The molecule has 0 fully saturated rings. The monoisotopic (exact) mass is 420 g/mol. The summed E-state index contributed by atoms with van der Waals surface area (Å²) in [4.78, 5) is 48.6. The maximum absolute atomic E-state index is 12.5. The van der Waals surface area contributed by atoms with Crippen molar-refractivity contribution in [2.75, 3.05) is 6.61 Å². The molecule has 0 saturated carbocycles. The predicted molar refractivity (Wildman–Crippen MR) is 106 cm³/mol. The number of Topliss-reactive ketones (excluding diaryl/α,β-unsaturated/α-hetero) is 1. The average Bonchev–Trinajstić information content (AvgIpc) is 2.90. The van der Waals surface area contributed by atoms with Gasteiger partial charge in [-0.1, -0.05) is 12.5 Å². The zero-order chi connectivity index (χ0) is 22.6. The number of fused-ring (bicyclic) bond motifs is 1. The van der Waals surface area contributed by atoms with Crippen LogP contribution in [0.15, 0.2) is 34.6 Å². The maximum atomic E-state index is 12.5. The van der Waals surface area contributed by atoms with Crippen molar-refractivity contribution in [3.63, 3.8) is 0 Å². The summed E-state index contributed by atoms with van der Waals surface area (Å²) in [5, 5.41) is 10.7. The first-order valence-electron chi connectivity index (χ1n) is 9.82. The average molecular weight is 420 g/mol. The lowest BCUT2D eigenvalue weighted by Crippen LogP contribution is -2.31. The highest BCUT2D eigenvalue weighted by atomic mass is 16.6. The summed E-state index contributed by atoms with van der Waals surface area (Å²) in [7, 11) is 0. The Morgan fingerprint density at radius 1 is 1.30 bits per heavy atom. The van der Waals surface area contributed by atoms with Crippen LogP contribution in [0.5, 0.6) is 0 Å². The summed E-state index contributed by atoms with van der Waals surface area (Å²) < 4.78 is 15.9. The molecule has 30 heavy (non-hydrogen) atoms. The van der Waals surface area contributed by atoms with Gasteiger partial charge in [0.2, 0.25) is 0 Å². The van der Waals surface area contributed by atoms with E-state index in [-0.39, 0.29) is 48.6 Å². The van der Waals surface area contributed by atoms with Gasteiger partial charge in [-0.05, 0) is 39.7 Å². The van der Waals surface area contributed by atoms with Crippen molar-refractivity contribution in [2.24, 2.45) is 5.92 Å². The summed E-state index contributed by atoms with van der Waals surface area (Å²) in [5.41, 5.74) is -0.490. The van der Waals surface area contributed by atoms with Gasteiger partial charge in [-0.15, -0.1) is 0 Å². The SMILES string of the molecule is CC(=O)OCC1=C2/C(=C\[C@@](C)(O)CCC(=O)[C@@H](C)C[C@H]2OC(=O)C=C(C)C)OC1=O. The van der Waals surface area contributed by atoms with Crippen molar-refractivity contribution in [3.8, 4) is 0 Å². The number of hydrogen-bond donors (Lipinski definition) is 1. The fourth-order valence-electron chi connectivity index (χ4n) is 3.31. The number of carbonyl (C=O) groups excluding carboxylic acids is 4. The van der Waals surface area contributed by atoms with Crippen LogP contribution in [0, 0.1) is 5.92 Å². The maximum Gasteiger partial charge on any atom is 0.343 e. The van der Waals surface area contributed by atoms with Gasteiger partial charge in [0.25, 0.3) is 0 Å². The number of aliphatic hydroxyl groups is 1. The molecule has 0 unspecified atom stereocenters. The van der Waals surface area contributed by atoms with Gasteiger partial charge in [0.1, 0.15) is 24.3 Å². The van der Waals surface area contributed by atoms with Gasteiger partial charge in [-0.3, -0.25) is 9.59 Å². The van der Waals surface area contributed by atoms with Crippen molar-refractivity contribution in [1.29, 1.82) is 0 Å². The Bertz CT molecular complexity index is 839. The Hall–Kier alpha value is -2.74.